The standard InChI is InChI=1S/C16H16Cl2N2O2/c1-9(2)22-11-5-3-4-10(6-11)16(21)20-15-8-12(17)14(19)7-13(15)18/h3-9H,19H2,1-2H3,(H,20,21). The van der Waals surface area contributed by atoms with E-state index in [0.717, 1.165) is 0 Å². The van der Waals surface area contributed by atoms with E-state index in [2.05, 4.69) is 5.32 Å². The number of amides is 1. The summed E-state index contributed by atoms with van der Waals surface area (Å²) in [6, 6.07) is 9.93. The van der Waals surface area contributed by atoms with E-state index in [1.165, 1.54) is 12.1 Å². The maximum absolute atomic E-state index is 12.3. The number of nitrogens with one attached hydrogen (secondary N) is 1. The molecule has 116 valence electrons. The molecule has 2 rings (SSSR count). The summed E-state index contributed by atoms with van der Waals surface area (Å²) in [5, 5.41) is 3.36. The molecule has 22 heavy (non-hydrogen) atoms. The zero-order valence-electron chi connectivity index (χ0n) is 12.2. The Morgan fingerprint density at radius 2 is 1.91 bits per heavy atom. The molecule has 0 aliphatic carbocycles. The van der Waals surface area contributed by atoms with Crippen LogP contribution in [-0.2, 0) is 0 Å². The average molecular weight is 339 g/mol. The van der Waals surface area contributed by atoms with Crippen LogP contribution in [0.15, 0.2) is 36.4 Å². The van der Waals surface area contributed by atoms with Crippen molar-refractivity contribution >= 4 is 40.5 Å². The van der Waals surface area contributed by atoms with Gasteiger partial charge in [0.15, 0.2) is 0 Å². The fraction of sp³-hybridized carbons (Fsp3) is 0.188. The summed E-state index contributed by atoms with van der Waals surface area (Å²) < 4.78 is 5.57. The third kappa shape index (κ3) is 4.06. The molecule has 6 heteroatoms. The summed E-state index contributed by atoms with van der Waals surface area (Å²) in [6.45, 7) is 3.84. The second kappa shape index (κ2) is 6.90. The molecule has 3 N–H and O–H groups in total. The van der Waals surface area contributed by atoms with E-state index in [4.69, 9.17) is 33.7 Å². The van der Waals surface area contributed by atoms with E-state index in [1.54, 1.807) is 24.3 Å². The van der Waals surface area contributed by atoms with Crippen molar-refractivity contribution < 1.29 is 9.53 Å². The van der Waals surface area contributed by atoms with Crippen LogP contribution >= 0.6 is 23.2 Å². The molecule has 0 aliphatic heterocycles. The van der Waals surface area contributed by atoms with Crippen molar-refractivity contribution in [1.29, 1.82) is 0 Å². The first kappa shape index (κ1) is 16.5. The fourth-order valence-corrected chi connectivity index (χ4v) is 2.22. The van der Waals surface area contributed by atoms with Gasteiger partial charge in [0.2, 0.25) is 0 Å². The zero-order chi connectivity index (χ0) is 16.3. The predicted octanol–water partition coefficient (Wildman–Crippen LogP) is 4.62. The van der Waals surface area contributed by atoms with E-state index in [1.807, 2.05) is 13.8 Å². The van der Waals surface area contributed by atoms with Gasteiger partial charge in [0, 0.05) is 5.56 Å². The Morgan fingerprint density at radius 3 is 2.59 bits per heavy atom. The van der Waals surface area contributed by atoms with E-state index >= 15 is 0 Å². The minimum atomic E-state index is -0.308. The molecule has 0 atom stereocenters. The van der Waals surface area contributed by atoms with Crippen LogP contribution in [0.25, 0.3) is 0 Å². The van der Waals surface area contributed by atoms with Gasteiger partial charge in [-0.1, -0.05) is 29.3 Å². The largest absolute Gasteiger partial charge is 0.491 e. The molecule has 2 aromatic carbocycles. The van der Waals surface area contributed by atoms with Crippen LogP contribution in [0, 0.1) is 0 Å². The molecule has 0 unspecified atom stereocenters. The molecule has 0 saturated carbocycles. The number of carbonyl (C=O) groups excluding carboxylic acids is 1. The lowest BCUT2D eigenvalue weighted by Gasteiger charge is -2.12. The minimum absolute atomic E-state index is 0.0312. The number of benzene rings is 2. The molecule has 0 aliphatic rings. The highest BCUT2D eigenvalue weighted by molar-refractivity contribution is 6.37. The minimum Gasteiger partial charge on any atom is -0.491 e. The number of halogens is 2. The summed E-state index contributed by atoms with van der Waals surface area (Å²) >= 11 is 12.0. The summed E-state index contributed by atoms with van der Waals surface area (Å²) in [7, 11) is 0. The average Bonchev–Trinajstić information content (AvgIpc) is 2.44. The number of anilines is 2. The van der Waals surface area contributed by atoms with Gasteiger partial charge < -0.3 is 15.8 Å². The highest BCUT2D eigenvalue weighted by Gasteiger charge is 2.11. The van der Waals surface area contributed by atoms with Crippen molar-refractivity contribution in [2.75, 3.05) is 11.1 Å². The van der Waals surface area contributed by atoms with Gasteiger partial charge in [0.05, 0.1) is 27.5 Å². The molecule has 2 aromatic rings. The van der Waals surface area contributed by atoms with Gasteiger partial charge in [-0.05, 0) is 44.2 Å². The van der Waals surface area contributed by atoms with Crippen LogP contribution < -0.4 is 15.8 Å². The lowest BCUT2D eigenvalue weighted by molar-refractivity contribution is 0.102. The Bertz CT molecular complexity index is 703. The molecule has 0 radical (unpaired) electrons. The smallest absolute Gasteiger partial charge is 0.255 e. The SMILES string of the molecule is CC(C)Oc1cccc(C(=O)Nc2cc(Cl)c(N)cc2Cl)c1. The van der Waals surface area contributed by atoms with E-state index in [0.29, 0.717) is 32.7 Å². The number of carbonyl (C=O) groups is 1. The van der Waals surface area contributed by atoms with Gasteiger partial charge in [-0.15, -0.1) is 0 Å². The van der Waals surface area contributed by atoms with Crippen LogP contribution in [0.2, 0.25) is 10.0 Å². The lowest BCUT2D eigenvalue weighted by atomic mass is 10.2. The normalized spacial score (nSPS) is 10.6. The van der Waals surface area contributed by atoms with E-state index in [9.17, 15) is 4.79 Å². The Labute approximate surface area is 139 Å². The first-order chi connectivity index (χ1) is 10.4. The van der Waals surface area contributed by atoms with Crippen molar-refractivity contribution in [2.45, 2.75) is 20.0 Å². The van der Waals surface area contributed by atoms with Gasteiger partial charge in [-0.25, -0.2) is 0 Å². The molecule has 0 fully saturated rings. The van der Waals surface area contributed by atoms with Crippen LogP contribution in [0.3, 0.4) is 0 Å². The topological polar surface area (TPSA) is 64.3 Å². The van der Waals surface area contributed by atoms with Gasteiger partial charge in [0.25, 0.3) is 5.91 Å². The maximum Gasteiger partial charge on any atom is 0.255 e. The van der Waals surface area contributed by atoms with Gasteiger partial charge >= 0.3 is 0 Å². The number of ether oxygens (including phenoxy) is 1. The van der Waals surface area contributed by atoms with Crippen molar-refractivity contribution in [2.24, 2.45) is 0 Å². The summed E-state index contributed by atoms with van der Waals surface area (Å²) in [5.41, 5.74) is 6.87. The second-order valence-corrected chi connectivity index (χ2v) is 5.82. The maximum atomic E-state index is 12.3. The third-order valence-electron chi connectivity index (χ3n) is 2.80. The number of hydrogen-bond donors (Lipinski definition) is 2. The van der Waals surface area contributed by atoms with E-state index < -0.39 is 0 Å². The second-order valence-electron chi connectivity index (χ2n) is 5.00. The Morgan fingerprint density at radius 1 is 1.18 bits per heavy atom. The summed E-state index contributed by atoms with van der Waals surface area (Å²) in [4.78, 5) is 12.3. The molecular formula is C16H16Cl2N2O2. The van der Waals surface area contributed by atoms with Crippen LogP contribution in [-0.4, -0.2) is 12.0 Å². The quantitative estimate of drug-likeness (QED) is 0.799. The Kier molecular flexibility index (Phi) is 5.16. The first-order valence-electron chi connectivity index (χ1n) is 6.69. The molecule has 0 heterocycles. The number of nitrogens with two attached hydrogens (primary N) is 1. The predicted molar refractivity (Wildman–Crippen MR) is 91.0 cm³/mol. The molecule has 4 nitrogen and oxygen atoms in total. The zero-order valence-corrected chi connectivity index (χ0v) is 13.7. The molecule has 0 aromatic heterocycles. The monoisotopic (exact) mass is 338 g/mol. The van der Waals surface area contributed by atoms with Crippen molar-refractivity contribution in [3.8, 4) is 5.75 Å². The van der Waals surface area contributed by atoms with E-state index in [-0.39, 0.29) is 12.0 Å². The molecule has 0 saturated heterocycles. The molecule has 1 amide bonds. The highest BCUT2D eigenvalue weighted by atomic mass is 35.5. The van der Waals surface area contributed by atoms with Gasteiger partial charge in [0.1, 0.15) is 5.75 Å². The van der Waals surface area contributed by atoms with Crippen molar-refractivity contribution in [3.63, 3.8) is 0 Å². The highest BCUT2D eigenvalue weighted by Crippen LogP contribution is 2.31. The van der Waals surface area contributed by atoms with Crippen LogP contribution in [0.4, 0.5) is 11.4 Å². The third-order valence-corrected chi connectivity index (χ3v) is 3.44. The van der Waals surface area contributed by atoms with Crippen molar-refractivity contribution in [1.82, 2.24) is 0 Å². The van der Waals surface area contributed by atoms with Gasteiger partial charge in [-0.3, -0.25) is 4.79 Å². The molecule has 0 spiro atoms. The Hall–Kier alpha value is -1.91. The van der Waals surface area contributed by atoms with Crippen LogP contribution in [0.5, 0.6) is 5.75 Å². The lowest BCUT2D eigenvalue weighted by Crippen LogP contribution is -2.13. The molecule has 0 bridgehead atoms. The summed E-state index contributed by atoms with van der Waals surface area (Å²) in [5.74, 6) is 0.320. The number of hydrogen-bond acceptors (Lipinski definition) is 3. The number of rotatable bonds is 4. The number of nitrogen functional groups attached to an aromatic ring is 1. The van der Waals surface area contributed by atoms with Gasteiger partial charge in [-0.2, -0.15) is 0 Å². The van der Waals surface area contributed by atoms with Crippen LogP contribution in [0.1, 0.15) is 24.2 Å². The Balaban J connectivity index is 2.21. The first-order valence-corrected chi connectivity index (χ1v) is 7.45. The summed E-state index contributed by atoms with van der Waals surface area (Å²) in [6.07, 6.45) is 0.0312. The fourth-order valence-electron chi connectivity index (χ4n) is 1.84. The van der Waals surface area contributed by atoms with Crippen molar-refractivity contribution in [3.05, 3.63) is 52.0 Å². The molecular weight excluding hydrogens is 323 g/mol.